The van der Waals surface area contributed by atoms with Crippen LogP contribution >= 0.6 is 11.3 Å². The predicted molar refractivity (Wildman–Crippen MR) is 68.8 cm³/mol. The van der Waals surface area contributed by atoms with E-state index in [0.717, 1.165) is 18.7 Å². The Morgan fingerprint density at radius 3 is 2.88 bits per heavy atom. The fourth-order valence-corrected chi connectivity index (χ4v) is 2.64. The Morgan fingerprint density at radius 1 is 1.31 bits per heavy atom. The maximum atomic E-state index is 3.97. The minimum absolute atomic E-state index is 1.11. The van der Waals surface area contributed by atoms with Crippen LogP contribution in [-0.2, 0) is 6.42 Å². The number of rotatable bonds is 5. The molecule has 4 heteroatoms. The Labute approximate surface area is 100 Å². The first-order chi connectivity index (χ1) is 7.75. The van der Waals surface area contributed by atoms with Crippen LogP contribution in [0.25, 0.3) is 10.6 Å². The molecule has 2 rings (SSSR count). The highest BCUT2D eigenvalue weighted by atomic mass is 32.1. The first-order valence-corrected chi connectivity index (χ1v) is 6.30. The fraction of sp³-hybridized carbons (Fsp3) is 0.417. The number of nitrogens with one attached hydrogen (secondary N) is 1. The Hall–Kier alpha value is -1.13. The Bertz CT molecular complexity index is 417. The lowest BCUT2D eigenvalue weighted by Crippen LogP contribution is -2.13. The van der Waals surface area contributed by atoms with Crippen LogP contribution in [0, 0.1) is 0 Å². The summed E-state index contributed by atoms with van der Waals surface area (Å²) in [4.78, 5) is 4.95. The van der Waals surface area contributed by atoms with Gasteiger partial charge in [-0.2, -0.15) is 5.10 Å². The number of aromatic amines is 1. The van der Waals surface area contributed by atoms with Crippen molar-refractivity contribution in [1.82, 2.24) is 15.1 Å². The van der Waals surface area contributed by atoms with Gasteiger partial charge in [-0.25, -0.2) is 0 Å². The number of nitrogens with zero attached hydrogens (tertiary/aromatic N) is 2. The summed E-state index contributed by atoms with van der Waals surface area (Å²) in [5, 5.41) is 6.96. The quantitative estimate of drug-likeness (QED) is 0.864. The van der Waals surface area contributed by atoms with Gasteiger partial charge in [0.25, 0.3) is 0 Å². The molecule has 0 aromatic carbocycles. The van der Waals surface area contributed by atoms with E-state index >= 15 is 0 Å². The van der Waals surface area contributed by atoms with Gasteiger partial charge in [-0.1, -0.05) is 0 Å². The molecule has 0 radical (unpaired) electrons. The highest BCUT2D eigenvalue weighted by Crippen LogP contribution is 2.26. The van der Waals surface area contributed by atoms with Crippen LogP contribution in [0.4, 0.5) is 0 Å². The summed E-state index contributed by atoms with van der Waals surface area (Å²) in [7, 11) is 4.23. The molecule has 2 heterocycles. The maximum Gasteiger partial charge on any atom is 0.0749 e. The van der Waals surface area contributed by atoms with Gasteiger partial charge in [0.1, 0.15) is 0 Å². The molecule has 16 heavy (non-hydrogen) atoms. The Kier molecular flexibility index (Phi) is 3.74. The lowest BCUT2D eigenvalue weighted by molar-refractivity contribution is 0.401. The number of thiophene rings is 1. The van der Waals surface area contributed by atoms with Gasteiger partial charge in [-0.3, -0.25) is 5.10 Å². The molecule has 0 saturated heterocycles. The zero-order valence-electron chi connectivity index (χ0n) is 9.73. The molecule has 0 bridgehead atoms. The first kappa shape index (κ1) is 11.4. The van der Waals surface area contributed by atoms with E-state index in [9.17, 15) is 0 Å². The van der Waals surface area contributed by atoms with Gasteiger partial charge in [0, 0.05) is 11.1 Å². The third kappa shape index (κ3) is 2.93. The molecule has 2 aromatic rings. The van der Waals surface area contributed by atoms with E-state index in [2.05, 4.69) is 41.3 Å². The second kappa shape index (κ2) is 5.27. The average molecular weight is 235 g/mol. The van der Waals surface area contributed by atoms with Crippen LogP contribution < -0.4 is 0 Å². The number of hydrogen-bond donors (Lipinski definition) is 1. The summed E-state index contributed by atoms with van der Waals surface area (Å²) in [5.74, 6) is 0. The van der Waals surface area contributed by atoms with Gasteiger partial charge in [0.15, 0.2) is 0 Å². The second-order valence-corrected chi connectivity index (χ2v) is 5.31. The fourth-order valence-electron chi connectivity index (χ4n) is 1.62. The maximum absolute atomic E-state index is 3.97. The number of hydrogen-bond acceptors (Lipinski definition) is 3. The summed E-state index contributed by atoms with van der Waals surface area (Å²) < 4.78 is 0. The van der Waals surface area contributed by atoms with Crippen molar-refractivity contribution in [2.45, 2.75) is 12.8 Å². The molecule has 3 nitrogen and oxygen atoms in total. The highest BCUT2D eigenvalue weighted by Gasteiger charge is 2.03. The van der Waals surface area contributed by atoms with Crippen molar-refractivity contribution in [3.8, 4) is 10.6 Å². The molecule has 0 aliphatic heterocycles. The lowest BCUT2D eigenvalue weighted by atomic mass is 10.2. The average Bonchev–Trinajstić information content (AvgIpc) is 2.85. The van der Waals surface area contributed by atoms with Crippen LogP contribution in [-0.4, -0.2) is 35.7 Å². The summed E-state index contributed by atoms with van der Waals surface area (Å²) in [6.45, 7) is 1.15. The minimum atomic E-state index is 1.11. The van der Waals surface area contributed by atoms with E-state index in [0.29, 0.717) is 0 Å². The smallest absolute Gasteiger partial charge is 0.0749 e. The summed E-state index contributed by atoms with van der Waals surface area (Å²) >= 11 is 1.85. The molecule has 1 N–H and O–H groups in total. The van der Waals surface area contributed by atoms with Gasteiger partial charge in [0.05, 0.1) is 10.6 Å². The van der Waals surface area contributed by atoms with Crippen molar-refractivity contribution < 1.29 is 0 Å². The van der Waals surface area contributed by atoms with Gasteiger partial charge in [-0.15, -0.1) is 11.3 Å². The molecule has 0 amide bonds. The van der Waals surface area contributed by atoms with Crippen LogP contribution in [0.5, 0.6) is 0 Å². The van der Waals surface area contributed by atoms with E-state index in [1.807, 2.05) is 17.4 Å². The minimum Gasteiger partial charge on any atom is -0.309 e. The zero-order chi connectivity index (χ0) is 11.4. The molecule has 0 aliphatic carbocycles. The van der Waals surface area contributed by atoms with Crippen molar-refractivity contribution in [3.63, 3.8) is 0 Å². The van der Waals surface area contributed by atoms with Crippen molar-refractivity contribution in [3.05, 3.63) is 29.3 Å². The molecule has 2 aromatic heterocycles. The van der Waals surface area contributed by atoms with Gasteiger partial charge >= 0.3 is 0 Å². The van der Waals surface area contributed by atoms with Crippen LogP contribution in [0.3, 0.4) is 0 Å². The summed E-state index contributed by atoms with van der Waals surface area (Å²) in [6, 6.07) is 6.40. The lowest BCUT2D eigenvalue weighted by Gasteiger charge is -2.07. The standard InChI is InChI=1S/C12H17N3S/c1-15(2)9-3-4-10-5-6-12(16-10)11-7-8-13-14-11/h5-8H,3-4,9H2,1-2H3,(H,13,14). The van der Waals surface area contributed by atoms with Crippen molar-refractivity contribution in [1.29, 1.82) is 0 Å². The number of aromatic nitrogens is 2. The molecular formula is C12H17N3S. The topological polar surface area (TPSA) is 31.9 Å². The first-order valence-electron chi connectivity index (χ1n) is 5.49. The molecule has 0 fully saturated rings. The van der Waals surface area contributed by atoms with Gasteiger partial charge < -0.3 is 4.90 Å². The second-order valence-electron chi connectivity index (χ2n) is 4.14. The van der Waals surface area contributed by atoms with Crippen molar-refractivity contribution >= 4 is 11.3 Å². The van der Waals surface area contributed by atoms with E-state index < -0.39 is 0 Å². The molecule has 0 saturated carbocycles. The van der Waals surface area contributed by atoms with Crippen molar-refractivity contribution in [2.24, 2.45) is 0 Å². The highest BCUT2D eigenvalue weighted by molar-refractivity contribution is 7.15. The molecule has 0 aliphatic rings. The van der Waals surface area contributed by atoms with E-state index in [1.54, 1.807) is 6.20 Å². The largest absolute Gasteiger partial charge is 0.309 e. The Balaban J connectivity index is 1.93. The summed E-state index contributed by atoms with van der Waals surface area (Å²) in [5.41, 5.74) is 1.11. The van der Waals surface area contributed by atoms with E-state index in [4.69, 9.17) is 0 Å². The van der Waals surface area contributed by atoms with E-state index in [-0.39, 0.29) is 0 Å². The number of H-pyrrole nitrogens is 1. The van der Waals surface area contributed by atoms with Crippen LogP contribution in [0.15, 0.2) is 24.4 Å². The number of aryl methyl sites for hydroxylation is 1. The van der Waals surface area contributed by atoms with Crippen LogP contribution in [0.2, 0.25) is 0 Å². The molecule has 0 spiro atoms. The molecule has 0 atom stereocenters. The van der Waals surface area contributed by atoms with Gasteiger partial charge in [0.2, 0.25) is 0 Å². The van der Waals surface area contributed by atoms with Gasteiger partial charge in [-0.05, 0) is 51.7 Å². The molecule has 0 unspecified atom stereocenters. The zero-order valence-corrected chi connectivity index (χ0v) is 10.5. The SMILES string of the molecule is CN(C)CCCc1ccc(-c2ccn[nH]2)s1. The van der Waals surface area contributed by atoms with Crippen LogP contribution in [0.1, 0.15) is 11.3 Å². The monoisotopic (exact) mass is 235 g/mol. The third-order valence-corrected chi connectivity index (χ3v) is 3.63. The molecule has 86 valence electrons. The predicted octanol–water partition coefficient (Wildman–Crippen LogP) is 2.63. The normalized spacial score (nSPS) is 11.2. The molecular weight excluding hydrogens is 218 g/mol. The van der Waals surface area contributed by atoms with Crippen molar-refractivity contribution in [2.75, 3.05) is 20.6 Å². The van der Waals surface area contributed by atoms with E-state index in [1.165, 1.54) is 16.2 Å². The summed E-state index contributed by atoms with van der Waals surface area (Å²) in [6.07, 6.45) is 4.17. The Morgan fingerprint density at radius 2 is 2.19 bits per heavy atom. The third-order valence-electron chi connectivity index (χ3n) is 2.46.